The average molecular weight is 300 g/mol. The minimum Gasteiger partial charge on any atom is -0.497 e. The van der Waals surface area contributed by atoms with E-state index in [1.807, 2.05) is 0 Å². The molecular weight excluding hydrogens is 286 g/mol. The molecule has 1 aliphatic heterocycles. The summed E-state index contributed by atoms with van der Waals surface area (Å²) in [6, 6.07) is 5.22. The molecule has 1 aromatic carbocycles. The first-order valence-electron chi connectivity index (χ1n) is 5.28. The molecule has 1 amide bonds. The Morgan fingerprint density at radius 2 is 2.18 bits per heavy atom. The maximum absolute atomic E-state index is 12.1. The van der Waals surface area contributed by atoms with Gasteiger partial charge in [-0.2, -0.15) is 0 Å². The van der Waals surface area contributed by atoms with Crippen LogP contribution in [-0.4, -0.2) is 41.7 Å². The number of aliphatic hydroxyl groups is 1. The number of ether oxygens (including phenoxy) is 1. The number of halogens is 1. The second kappa shape index (κ2) is 4.31. The van der Waals surface area contributed by atoms with Crippen molar-refractivity contribution in [2.45, 2.75) is 12.5 Å². The number of β-amino-alcohol motifs (C(OH)–C–C–N with tert-alkyl or cyclic N) is 1. The fraction of sp³-hybridized carbons (Fsp3) is 0.417. The van der Waals surface area contributed by atoms with Gasteiger partial charge in [0, 0.05) is 4.47 Å². The molecule has 1 aromatic rings. The topological polar surface area (TPSA) is 49.8 Å². The highest BCUT2D eigenvalue weighted by Crippen LogP contribution is 2.27. The van der Waals surface area contributed by atoms with Gasteiger partial charge in [-0.3, -0.25) is 4.79 Å². The number of hydrogen-bond acceptors (Lipinski definition) is 3. The normalized spacial score (nSPS) is 17.5. The lowest BCUT2D eigenvalue weighted by atomic mass is 9.96. The van der Waals surface area contributed by atoms with E-state index >= 15 is 0 Å². The van der Waals surface area contributed by atoms with E-state index in [0.717, 1.165) is 0 Å². The van der Waals surface area contributed by atoms with Gasteiger partial charge in [0.15, 0.2) is 0 Å². The van der Waals surface area contributed by atoms with Gasteiger partial charge in [-0.15, -0.1) is 0 Å². The lowest BCUT2D eigenvalue weighted by molar-refractivity contribution is -0.0669. The summed E-state index contributed by atoms with van der Waals surface area (Å²) in [5.74, 6) is 0.620. The van der Waals surface area contributed by atoms with Crippen LogP contribution in [0.3, 0.4) is 0 Å². The molecule has 1 heterocycles. The Labute approximate surface area is 108 Å². The molecule has 0 bridgehead atoms. The van der Waals surface area contributed by atoms with Crippen molar-refractivity contribution in [2.24, 2.45) is 0 Å². The third-order valence-electron chi connectivity index (χ3n) is 2.76. The number of carbonyl (C=O) groups is 1. The number of benzene rings is 1. The second-order valence-corrected chi connectivity index (χ2v) is 5.36. The maximum Gasteiger partial charge on any atom is 0.255 e. The molecule has 0 atom stereocenters. The average Bonchev–Trinajstić information content (AvgIpc) is 2.24. The molecule has 0 radical (unpaired) electrons. The molecule has 17 heavy (non-hydrogen) atoms. The van der Waals surface area contributed by atoms with Gasteiger partial charge in [0.05, 0.1) is 31.4 Å². The van der Waals surface area contributed by atoms with Crippen LogP contribution in [0, 0.1) is 0 Å². The molecule has 1 fully saturated rings. The van der Waals surface area contributed by atoms with Crippen molar-refractivity contribution in [2.75, 3.05) is 20.2 Å². The van der Waals surface area contributed by atoms with Crippen molar-refractivity contribution >= 4 is 21.8 Å². The summed E-state index contributed by atoms with van der Waals surface area (Å²) in [5, 5.41) is 9.61. The number of methoxy groups -OCH3 is 1. The molecule has 0 aliphatic carbocycles. The fourth-order valence-corrected chi connectivity index (χ4v) is 2.41. The summed E-state index contributed by atoms with van der Waals surface area (Å²) in [5.41, 5.74) is -0.157. The Kier molecular flexibility index (Phi) is 3.14. The van der Waals surface area contributed by atoms with Crippen LogP contribution in [0.15, 0.2) is 22.7 Å². The summed E-state index contributed by atoms with van der Waals surface area (Å²) in [6.45, 7) is 2.48. The van der Waals surface area contributed by atoms with E-state index in [1.54, 1.807) is 37.1 Å². The number of rotatable bonds is 2. The van der Waals surface area contributed by atoms with E-state index in [0.29, 0.717) is 28.9 Å². The highest BCUT2D eigenvalue weighted by Gasteiger charge is 2.40. The Morgan fingerprint density at radius 1 is 1.53 bits per heavy atom. The van der Waals surface area contributed by atoms with Crippen LogP contribution in [0.5, 0.6) is 5.75 Å². The summed E-state index contributed by atoms with van der Waals surface area (Å²) in [6.07, 6.45) is 0. The van der Waals surface area contributed by atoms with Crippen LogP contribution < -0.4 is 4.74 Å². The number of likely N-dealkylation sites (tertiary alicyclic amines) is 1. The van der Waals surface area contributed by atoms with Crippen molar-refractivity contribution in [3.05, 3.63) is 28.2 Å². The van der Waals surface area contributed by atoms with Crippen LogP contribution >= 0.6 is 15.9 Å². The Hall–Kier alpha value is -1.07. The first-order chi connectivity index (χ1) is 7.93. The first kappa shape index (κ1) is 12.4. The van der Waals surface area contributed by atoms with Crippen LogP contribution in [0.1, 0.15) is 17.3 Å². The van der Waals surface area contributed by atoms with E-state index < -0.39 is 5.60 Å². The predicted molar refractivity (Wildman–Crippen MR) is 67.2 cm³/mol. The van der Waals surface area contributed by atoms with Gasteiger partial charge >= 0.3 is 0 Å². The van der Waals surface area contributed by atoms with E-state index in [2.05, 4.69) is 15.9 Å². The zero-order chi connectivity index (χ0) is 12.6. The summed E-state index contributed by atoms with van der Waals surface area (Å²) in [7, 11) is 1.58. The third-order valence-corrected chi connectivity index (χ3v) is 3.41. The SMILES string of the molecule is COc1ccc(C(=O)N2CC(C)(O)C2)c(Br)c1. The quantitative estimate of drug-likeness (QED) is 0.904. The molecule has 0 saturated carbocycles. The fourth-order valence-electron chi connectivity index (χ4n) is 1.89. The van der Waals surface area contributed by atoms with Crippen LogP contribution in [-0.2, 0) is 0 Å². The Bertz CT molecular complexity index is 451. The van der Waals surface area contributed by atoms with Crippen molar-refractivity contribution in [1.29, 1.82) is 0 Å². The van der Waals surface area contributed by atoms with Crippen LogP contribution in [0.4, 0.5) is 0 Å². The van der Waals surface area contributed by atoms with Crippen LogP contribution in [0.2, 0.25) is 0 Å². The summed E-state index contributed by atoms with van der Waals surface area (Å²) in [4.78, 5) is 13.7. The molecule has 92 valence electrons. The number of hydrogen-bond donors (Lipinski definition) is 1. The molecule has 1 aliphatic rings. The maximum atomic E-state index is 12.1. The van der Waals surface area contributed by atoms with Crippen molar-refractivity contribution in [1.82, 2.24) is 4.90 Å². The number of nitrogens with zero attached hydrogens (tertiary/aromatic N) is 1. The largest absolute Gasteiger partial charge is 0.497 e. The number of carbonyl (C=O) groups excluding carboxylic acids is 1. The summed E-state index contributed by atoms with van der Waals surface area (Å²) >= 11 is 3.35. The second-order valence-electron chi connectivity index (χ2n) is 4.50. The first-order valence-corrected chi connectivity index (χ1v) is 6.07. The minimum absolute atomic E-state index is 0.0777. The highest BCUT2D eigenvalue weighted by atomic mass is 79.9. The highest BCUT2D eigenvalue weighted by molar-refractivity contribution is 9.10. The van der Waals surface area contributed by atoms with E-state index in [-0.39, 0.29) is 5.91 Å². The zero-order valence-corrected chi connectivity index (χ0v) is 11.3. The van der Waals surface area contributed by atoms with E-state index in [4.69, 9.17) is 4.74 Å². The van der Waals surface area contributed by atoms with Crippen molar-refractivity contribution < 1.29 is 14.6 Å². The van der Waals surface area contributed by atoms with Gasteiger partial charge in [-0.25, -0.2) is 0 Å². The molecule has 0 aromatic heterocycles. The molecule has 1 saturated heterocycles. The summed E-state index contributed by atoms with van der Waals surface area (Å²) < 4.78 is 5.77. The van der Waals surface area contributed by atoms with E-state index in [9.17, 15) is 9.90 Å². The van der Waals surface area contributed by atoms with Gasteiger partial charge in [-0.1, -0.05) is 0 Å². The smallest absolute Gasteiger partial charge is 0.255 e. The van der Waals surface area contributed by atoms with Crippen molar-refractivity contribution in [3.8, 4) is 5.75 Å². The molecule has 2 rings (SSSR count). The standard InChI is InChI=1S/C12H14BrNO3/c1-12(16)6-14(7-12)11(15)9-4-3-8(17-2)5-10(9)13/h3-5,16H,6-7H2,1-2H3. The third kappa shape index (κ3) is 2.45. The van der Waals surface area contributed by atoms with Crippen molar-refractivity contribution in [3.63, 3.8) is 0 Å². The number of amides is 1. The Balaban J connectivity index is 2.15. The molecule has 4 nitrogen and oxygen atoms in total. The predicted octanol–water partition coefficient (Wildman–Crippen LogP) is 1.66. The van der Waals surface area contributed by atoms with Gasteiger partial charge < -0.3 is 14.7 Å². The minimum atomic E-state index is -0.741. The molecule has 0 unspecified atom stereocenters. The molecule has 0 spiro atoms. The van der Waals surface area contributed by atoms with Gasteiger partial charge in [0.25, 0.3) is 5.91 Å². The zero-order valence-electron chi connectivity index (χ0n) is 9.74. The monoisotopic (exact) mass is 299 g/mol. The molecule has 5 heteroatoms. The lowest BCUT2D eigenvalue weighted by Crippen LogP contribution is -2.61. The van der Waals surface area contributed by atoms with Gasteiger partial charge in [0.2, 0.25) is 0 Å². The molecule has 1 N–H and O–H groups in total. The van der Waals surface area contributed by atoms with Gasteiger partial charge in [-0.05, 0) is 41.1 Å². The van der Waals surface area contributed by atoms with Crippen LogP contribution in [0.25, 0.3) is 0 Å². The van der Waals surface area contributed by atoms with Gasteiger partial charge in [0.1, 0.15) is 5.75 Å². The lowest BCUT2D eigenvalue weighted by Gasteiger charge is -2.44. The molecular formula is C12H14BrNO3. The van der Waals surface area contributed by atoms with E-state index in [1.165, 1.54) is 0 Å². The Morgan fingerprint density at radius 3 is 2.65 bits per heavy atom.